The van der Waals surface area contributed by atoms with Gasteiger partial charge in [-0.25, -0.2) is 4.85 Å². The quantitative estimate of drug-likeness (QED) is 0.216. The van der Waals surface area contributed by atoms with Crippen molar-refractivity contribution in [3.8, 4) is 0 Å². The Kier molecular flexibility index (Phi) is 7.30. The zero-order chi connectivity index (χ0) is 27.6. The molecule has 4 aromatic rings. The van der Waals surface area contributed by atoms with Crippen molar-refractivity contribution in [3.63, 3.8) is 0 Å². The lowest BCUT2D eigenvalue weighted by Gasteiger charge is -2.38. The van der Waals surface area contributed by atoms with E-state index in [2.05, 4.69) is 4.85 Å². The minimum absolute atomic E-state index is 0.000859. The molecule has 3 aromatic carbocycles. The number of benzene rings is 3. The summed E-state index contributed by atoms with van der Waals surface area (Å²) in [6, 6.07) is 22.8. The second kappa shape index (κ2) is 10.7. The number of halogens is 3. The second-order valence-corrected chi connectivity index (χ2v) is 10.1. The van der Waals surface area contributed by atoms with Crippen LogP contribution in [0.25, 0.3) is 15.7 Å². The molecule has 1 aliphatic heterocycles. The van der Waals surface area contributed by atoms with Crippen molar-refractivity contribution in [1.82, 2.24) is 9.47 Å². The summed E-state index contributed by atoms with van der Waals surface area (Å²) in [5.41, 5.74) is -1.12. The Morgan fingerprint density at radius 2 is 1.62 bits per heavy atom. The lowest BCUT2D eigenvalue weighted by molar-refractivity contribution is -0.271. The van der Waals surface area contributed by atoms with Gasteiger partial charge in [0.2, 0.25) is 5.60 Å². The van der Waals surface area contributed by atoms with Gasteiger partial charge in [-0.05, 0) is 37.6 Å². The number of carbonyl (C=O) groups is 1. The van der Waals surface area contributed by atoms with Gasteiger partial charge in [0.25, 0.3) is 0 Å². The van der Waals surface area contributed by atoms with E-state index >= 15 is 0 Å². The van der Waals surface area contributed by atoms with E-state index in [4.69, 9.17) is 6.57 Å². The molecule has 2 heterocycles. The summed E-state index contributed by atoms with van der Waals surface area (Å²) in [5, 5.41) is 11.7. The molecular formula is C31H28F3N3O2. The highest BCUT2D eigenvalue weighted by atomic mass is 19.4. The third kappa shape index (κ3) is 5.33. The Morgan fingerprint density at radius 1 is 0.974 bits per heavy atom. The Labute approximate surface area is 224 Å². The van der Waals surface area contributed by atoms with Crippen molar-refractivity contribution in [1.29, 1.82) is 0 Å². The lowest BCUT2D eigenvalue weighted by atomic mass is 9.87. The summed E-state index contributed by atoms with van der Waals surface area (Å²) in [4.78, 5) is 17.9. The minimum atomic E-state index is -4.95. The number of aromatic nitrogens is 1. The van der Waals surface area contributed by atoms with Gasteiger partial charge in [-0.2, -0.15) is 13.2 Å². The maximum absolute atomic E-state index is 14.7. The van der Waals surface area contributed by atoms with E-state index < -0.39 is 18.3 Å². The number of hydrogen-bond donors (Lipinski definition) is 1. The third-order valence-corrected chi connectivity index (χ3v) is 7.57. The molecule has 1 fully saturated rings. The summed E-state index contributed by atoms with van der Waals surface area (Å²) in [7, 11) is 0. The van der Waals surface area contributed by atoms with Crippen LogP contribution in [0.4, 0.5) is 18.9 Å². The molecule has 39 heavy (non-hydrogen) atoms. The highest BCUT2D eigenvalue weighted by molar-refractivity contribution is 5.97. The van der Waals surface area contributed by atoms with Crippen LogP contribution in [0.3, 0.4) is 0 Å². The Balaban J connectivity index is 1.45. The minimum Gasteiger partial charge on any atom is -0.375 e. The van der Waals surface area contributed by atoms with E-state index in [0.717, 1.165) is 5.56 Å². The van der Waals surface area contributed by atoms with Crippen molar-refractivity contribution in [2.45, 2.75) is 31.2 Å². The van der Waals surface area contributed by atoms with E-state index in [1.54, 1.807) is 39.8 Å². The molecule has 0 bridgehead atoms. The van der Waals surface area contributed by atoms with E-state index in [1.807, 2.05) is 36.4 Å². The predicted molar refractivity (Wildman–Crippen MR) is 144 cm³/mol. The summed E-state index contributed by atoms with van der Waals surface area (Å²) < 4.78 is 45.7. The van der Waals surface area contributed by atoms with Gasteiger partial charge >= 0.3 is 6.18 Å². The molecule has 1 N–H and O–H groups in total. The maximum atomic E-state index is 14.7. The largest absolute Gasteiger partial charge is 0.422 e. The van der Waals surface area contributed by atoms with Crippen LogP contribution in [0.2, 0.25) is 0 Å². The first-order valence-electron chi connectivity index (χ1n) is 12.8. The molecular weight excluding hydrogens is 503 g/mol. The van der Waals surface area contributed by atoms with Crippen LogP contribution < -0.4 is 0 Å². The fourth-order valence-corrected chi connectivity index (χ4v) is 5.43. The van der Waals surface area contributed by atoms with Gasteiger partial charge in [-0.1, -0.05) is 72.8 Å². The average Bonchev–Trinajstić information content (AvgIpc) is 3.31. The second-order valence-electron chi connectivity index (χ2n) is 10.1. The zero-order valence-corrected chi connectivity index (χ0v) is 21.2. The molecule has 0 aliphatic carbocycles. The molecule has 0 amide bonds. The molecule has 200 valence electrons. The average molecular weight is 532 g/mol. The van der Waals surface area contributed by atoms with Gasteiger partial charge < -0.3 is 9.67 Å². The number of hydrogen-bond acceptors (Lipinski definition) is 3. The van der Waals surface area contributed by atoms with Crippen molar-refractivity contribution < 1.29 is 23.1 Å². The molecule has 1 atom stereocenters. The molecule has 0 saturated carbocycles. The van der Waals surface area contributed by atoms with Crippen molar-refractivity contribution in [3.05, 3.63) is 113 Å². The number of β-amino-alcohol motifs (C(OH)–C–C–N with tert-alkyl or cyclic N) is 1. The van der Waals surface area contributed by atoms with Gasteiger partial charge in [0.1, 0.15) is 0 Å². The molecule has 8 heteroatoms. The van der Waals surface area contributed by atoms with Gasteiger partial charge in [0.15, 0.2) is 11.5 Å². The van der Waals surface area contributed by atoms with Crippen molar-refractivity contribution in [2.75, 3.05) is 19.6 Å². The van der Waals surface area contributed by atoms with E-state index in [0.29, 0.717) is 36.2 Å². The fraction of sp³-hybridized carbons (Fsp3) is 0.290. The summed E-state index contributed by atoms with van der Waals surface area (Å²) in [5.74, 6) is -0.261. The van der Waals surface area contributed by atoms with E-state index in [1.165, 1.54) is 18.3 Å². The van der Waals surface area contributed by atoms with Gasteiger partial charge in [-0.15, -0.1) is 0 Å². The number of carbonyl (C=O) groups excluding carboxylic acids is 1. The number of alkyl halides is 3. The SMILES string of the molecule is [C-]#[N+]c1ccc2c(C(O)(CN3CCC(C(=O)c4ccccc4)CC3)C(F)(F)F)cn(Cc3ccccc3)c2c1. The van der Waals surface area contributed by atoms with Crippen LogP contribution >= 0.6 is 0 Å². The van der Waals surface area contributed by atoms with E-state index in [-0.39, 0.29) is 35.7 Å². The van der Waals surface area contributed by atoms with Gasteiger partial charge in [0.05, 0.1) is 6.57 Å². The number of Topliss-reactive ketones (excluding diaryl/α,β-unsaturated/α-hetero) is 1. The van der Waals surface area contributed by atoms with Gasteiger partial charge in [-0.3, -0.25) is 9.69 Å². The number of aliphatic hydroxyl groups is 1. The first-order chi connectivity index (χ1) is 18.7. The monoisotopic (exact) mass is 531 g/mol. The topological polar surface area (TPSA) is 49.8 Å². The van der Waals surface area contributed by atoms with E-state index in [9.17, 15) is 23.1 Å². The van der Waals surface area contributed by atoms with Gasteiger partial charge in [0, 0.05) is 47.2 Å². The first kappa shape index (κ1) is 26.7. The standard InChI is InChI=1S/C31H28F3N3O2/c1-35-25-12-13-26-27(20-37(28(26)18-25)19-22-8-4-2-5-9-22)30(39,31(32,33)34)21-36-16-14-24(15-17-36)29(38)23-10-6-3-7-11-23/h2-13,18,20,24,39H,14-17,19,21H2. The summed E-state index contributed by atoms with van der Waals surface area (Å²) in [6.07, 6.45) is -2.74. The highest BCUT2D eigenvalue weighted by Gasteiger charge is 2.57. The lowest BCUT2D eigenvalue weighted by Crippen LogP contribution is -2.52. The molecule has 1 unspecified atom stereocenters. The van der Waals surface area contributed by atoms with Crippen LogP contribution in [0.15, 0.2) is 85.1 Å². The number of ketones is 1. The van der Waals surface area contributed by atoms with Crippen LogP contribution in [0.1, 0.15) is 34.3 Å². The normalized spacial score (nSPS) is 16.6. The van der Waals surface area contributed by atoms with Crippen LogP contribution in [0, 0.1) is 12.5 Å². The number of fused-ring (bicyclic) bond motifs is 1. The third-order valence-electron chi connectivity index (χ3n) is 7.57. The Bertz CT molecular complexity index is 1500. The summed E-state index contributed by atoms with van der Waals surface area (Å²) in [6.45, 7) is 7.56. The first-order valence-corrected chi connectivity index (χ1v) is 12.8. The van der Waals surface area contributed by atoms with Crippen molar-refractivity contribution in [2.24, 2.45) is 5.92 Å². The number of likely N-dealkylation sites (tertiary alicyclic amines) is 1. The molecule has 1 aromatic heterocycles. The predicted octanol–water partition coefficient (Wildman–Crippen LogP) is 6.59. The fourth-order valence-electron chi connectivity index (χ4n) is 5.43. The molecule has 5 rings (SSSR count). The maximum Gasteiger partial charge on any atom is 0.422 e. The number of piperidine rings is 1. The molecule has 5 nitrogen and oxygen atoms in total. The van der Waals surface area contributed by atoms with Crippen LogP contribution in [0.5, 0.6) is 0 Å². The number of nitrogens with zero attached hydrogens (tertiary/aromatic N) is 3. The Hall–Kier alpha value is -3.93. The molecule has 1 aliphatic rings. The summed E-state index contributed by atoms with van der Waals surface area (Å²) >= 11 is 0. The van der Waals surface area contributed by atoms with Crippen molar-refractivity contribution >= 4 is 22.4 Å². The zero-order valence-electron chi connectivity index (χ0n) is 21.2. The number of rotatable bonds is 7. The Morgan fingerprint density at radius 3 is 2.23 bits per heavy atom. The molecule has 0 spiro atoms. The van der Waals surface area contributed by atoms with Crippen LogP contribution in [-0.4, -0.2) is 46.2 Å². The molecule has 1 saturated heterocycles. The molecule has 0 radical (unpaired) electrons. The smallest absolute Gasteiger partial charge is 0.375 e. The van der Waals surface area contributed by atoms with Crippen LogP contribution in [-0.2, 0) is 12.1 Å². The highest BCUT2D eigenvalue weighted by Crippen LogP contribution is 2.44.